The van der Waals surface area contributed by atoms with Crippen molar-refractivity contribution < 1.29 is 27.5 Å². The van der Waals surface area contributed by atoms with Crippen molar-refractivity contribution in [3.05, 3.63) is 76.6 Å². The smallest absolute Gasteiger partial charge is 0.412 e. The summed E-state index contributed by atoms with van der Waals surface area (Å²) in [7, 11) is 0. The van der Waals surface area contributed by atoms with Crippen LogP contribution in [-0.2, 0) is 0 Å². The minimum absolute atomic E-state index is 0.0116. The number of alkyl halides is 3. The highest BCUT2D eigenvalue weighted by Gasteiger charge is 2.47. The number of anilines is 1. The molecule has 1 atom stereocenters. The van der Waals surface area contributed by atoms with E-state index in [1.54, 1.807) is 6.08 Å². The number of halogens is 5. The summed E-state index contributed by atoms with van der Waals surface area (Å²) in [6.07, 6.45) is 3.88. The van der Waals surface area contributed by atoms with Crippen LogP contribution >= 0.6 is 11.6 Å². The minimum atomic E-state index is -4.87. The number of aliphatic imine (C=N–C) groups is 1. The van der Waals surface area contributed by atoms with E-state index in [-0.39, 0.29) is 22.1 Å². The van der Waals surface area contributed by atoms with Crippen LogP contribution in [0.5, 0.6) is 0 Å². The molecule has 11 heteroatoms. The number of fused-ring (bicyclic) bond motifs is 1. The van der Waals surface area contributed by atoms with Gasteiger partial charge in [-0.25, -0.2) is 14.2 Å². The molecule has 0 aromatic heterocycles. The molecule has 3 heterocycles. The van der Waals surface area contributed by atoms with Crippen LogP contribution in [0, 0.1) is 11.2 Å². The number of piperidine rings is 1. The normalized spacial score (nSPS) is 21.8. The molecule has 1 saturated carbocycles. The molecule has 3 aliphatic heterocycles. The summed E-state index contributed by atoms with van der Waals surface area (Å²) in [5, 5.41) is 11.7. The van der Waals surface area contributed by atoms with Gasteiger partial charge in [-0.3, -0.25) is 0 Å². The second-order valence-electron chi connectivity index (χ2n) is 9.51. The third-order valence-corrected chi connectivity index (χ3v) is 7.32. The highest BCUT2D eigenvalue weighted by molar-refractivity contribution is 6.32. The number of rotatable bonds is 5. The third-order valence-electron chi connectivity index (χ3n) is 7.11. The quantitative estimate of drug-likeness (QED) is 0.476. The number of benzene rings is 1. The minimum Gasteiger partial charge on any atom is -0.478 e. The number of carbonyl (C=O) groups is 1. The summed E-state index contributed by atoms with van der Waals surface area (Å²) < 4.78 is 56.9. The van der Waals surface area contributed by atoms with Crippen molar-refractivity contribution in [3.8, 4) is 0 Å². The van der Waals surface area contributed by atoms with Gasteiger partial charge < -0.3 is 20.2 Å². The lowest BCUT2D eigenvalue weighted by Crippen LogP contribution is -2.46. The van der Waals surface area contributed by atoms with Gasteiger partial charge in [-0.2, -0.15) is 13.2 Å². The van der Waals surface area contributed by atoms with Crippen molar-refractivity contribution in [1.82, 2.24) is 9.80 Å². The molecule has 1 unspecified atom stereocenters. The number of carboxylic acids is 1. The Kier molecular flexibility index (Phi) is 5.89. The maximum atomic E-state index is 14.4. The maximum absolute atomic E-state index is 14.4. The first kappa shape index (κ1) is 24.4. The Hall–Kier alpha value is -3.27. The molecule has 1 aliphatic carbocycles. The van der Waals surface area contributed by atoms with Gasteiger partial charge >= 0.3 is 12.1 Å². The van der Waals surface area contributed by atoms with E-state index in [4.69, 9.17) is 11.6 Å². The molecule has 2 N–H and O–H groups in total. The third kappa shape index (κ3) is 4.61. The van der Waals surface area contributed by atoms with E-state index >= 15 is 0 Å². The SMILES string of the molecule is C=C1C=C(N2CCC3(CC2)CC3)N=C2C(C(Nc3ccc(F)cc3C(=O)O)C(F)(F)F)=CC(Cl)=CN12. The van der Waals surface area contributed by atoms with Crippen molar-refractivity contribution >= 4 is 29.1 Å². The average Bonchev–Trinajstić information content (AvgIpc) is 3.56. The summed E-state index contributed by atoms with van der Waals surface area (Å²) >= 11 is 6.20. The van der Waals surface area contributed by atoms with Crippen LogP contribution in [-0.4, -0.2) is 52.0 Å². The van der Waals surface area contributed by atoms with Gasteiger partial charge in [-0.15, -0.1) is 0 Å². The van der Waals surface area contributed by atoms with E-state index in [1.165, 1.54) is 23.9 Å². The lowest BCUT2D eigenvalue weighted by Gasteiger charge is -2.39. The first-order valence-corrected chi connectivity index (χ1v) is 11.8. The number of allylic oxidation sites excluding steroid dienone is 3. The van der Waals surface area contributed by atoms with Gasteiger partial charge in [-0.1, -0.05) is 18.2 Å². The number of carboxylic acid groups (broad SMARTS) is 1. The summed E-state index contributed by atoms with van der Waals surface area (Å²) in [5.74, 6) is -1.94. The van der Waals surface area contributed by atoms with Crippen LogP contribution in [0.1, 0.15) is 36.0 Å². The average molecular weight is 523 g/mol. The fourth-order valence-corrected chi connectivity index (χ4v) is 5.06. The Morgan fingerprint density at radius 2 is 1.89 bits per heavy atom. The van der Waals surface area contributed by atoms with Crippen molar-refractivity contribution in [2.24, 2.45) is 10.4 Å². The van der Waals surface area contributed by atoms with Gasteiger partial charge in [0.25, 0.3) is 0 Å². The van der Waals surface area contributed by atoms with Gasteiger partial charge in [0.2, 0.25) is 0 Å². The fourth-order valence-electron chi connectivity index (χ4n) is 4.84. The molecule has 1 spiro atoms. The summed E-state index contributed by atoms with van der Waals surface area (Å²) in [6.45, 7) is 5.50. The molecule has 0 bridgehead atoms. The van der Waals surface area contributed by atoms with Crippen LogP contribution in [0.15, 0.2) is 70.2 Å². The number of likely N-dealkylation sites (tertiary alicyclic amines) is 1. The predicted octanol–water partition coefficient (Wildman–Crippen LogP) is 5.83. The molecule has 190 valence electrons. The number of hydrogen-bond donors (Lipinski definition) is 2. The van der Waals surface area contributed by atoms with Crippen LogP contribution < -0.4 is 5.32 Å². The summed E-state index contributed by atoms with van der Waals surface area (Å²) in [6, 6.07) is 0.134. The van der Waals surface area contributed by atoms with Crippen LogP contribution in [0.4, 0.5) is 23.2 Å². The molecule has 0 radical (unpaired) electrons. The Labute approximate surface area is 209 Å². The monoisotopic (exact) mass is 522 g/mol. The van der Waals surface area contributed by atoms with E-state index in [0.717, 1.165) is 44.1 Å². The molecule has 5 rings (SSSR count). The van der Waals surface area contributed by atoms with E-state index < -0.39 is 29.6 Å². The molecule has 1 saturated heterocycles. The second kappa shape index (κ2) is 8.69. The Balaban J connectivity index is 1.52. The predicted molar refractivity (Wildman–Crippen MR) is 128 cm³/mol. The molecule has 1 aromatic rings. The lowest BCUT2D eigenvalue weighted by molar-refractivity contribution is -0.133. The Morgan fingerprint density at radius 3 is 2.50 bits per heavy atom. The van der Waals surface area contributed by atoms with Gasteiger partial charge in [0.1, 0.15) is 17.5 Å². The van der Waals surface area contributed by atoms with Crippen LogP contribution in [0.2, 0.25) is 0 Å². The first-order valence-electron chi connectivity index (χ1n) is 11.4. The summed E-state index contributed by atoms with van der Waals surface area (Å²) in [5.41, 5.74) is -0.508. The first-order chi connectivity index (χ1) is 17.0. The van der Waals surface area contributed by atoms with Gasteiger partial charge in [0, 0.05) is 42.3 Å². The number of aromatic carboxylic acids is 1. The molecule has 4 aliphatic rings. The molecule has 2 fully saturated rings. The Morgan fingerprint density at radius 1 is 1.19 bits per heavy atom. The van der Waals surface area contributed by atoms with E-state index in [0.29, 0.717) is 23.0 Å². The van der Waals surface area contributed by atoms with E-state index in [1.807, 2.05) is 0 Å². The van der Waals surface area contributed by atoms with Crippen molar-refractivity contribution in [2.45, 2.75) is 37.9 Å². The lowest BCUT2D eigenvalue weighted by atomic mass is 9.93. The Bertz CT molecular complexity index is 1250. The zero-order chi connectivity index (χ0) is 25.8. The van der Waals surface area contributed by atoms with Gasteiger partial charge in [0.15, 0.2) is 6.04 Å². The largest absolute Gasteiger partial charge is 0.478 e. The van der Waals surface area contributed by atoms with Crippen molar-refractivity contribution in [1.29, 1.82) is 0 Å². The molecule has 6 nitrogen and oxygen atoms in total. The molecular weight excluding hydrogens is 500 g/mol. The fraction of sp³-hybridized carbons (Fsp3) is 0.360. The molecular formula is C25H23ClF4N4O2. The molecule has 1 aromatic carbocycles. The zero-order valence-corrected chi connectivity index (χ0v) is 19.8. The highest BCUT2D eigenvalue weighted by atomic mass is 35.5. The van der Waals surface area contributed by atoms with E-state index in [9.17, 15) is 27.5 Å². The number of amidine groups is 1. The topological polar surface area (TPSA) is 68.2 Å². The number of nitrogens with one attached hydrogen (secondary N) is 1. The molecule has 36 heavy (non-hydrogen) atoms. The van der Waals surface area contributed by atoms with Crippen molar-refractivity contribution in [2.75, 3.05) is 18.4 Å². The zero-order valence-electron chi connectivity index (χ0n) is 19.1. The van der Waals surface area contributed by atoms with Crippen LogP contribution in [0.25, 0.3) is 0 Å². The maximum Gasteiger partial charge on any atom is 0.412 e. The van der Waals surface area contributed by atoms with Gasteiger partial charge in [-0.05, 0) is 55.4 Å². The van der Waals surface area contributed by atoms with Crippen LogP contribution in [0.3, 0.4) is 0 Å². The highest BCUT2D eigenvalue weighted by Crippen LogP contribution is 2.54. The van der Waals surface area contributed by atoms with Gasteiger partial charge in [0.05, 0.1) is 10.6 Å². The number of nitrogens with zero attached hydrogens (tertiary/aromatic N) is 3. The molecule has 0 amide bonds. The summed E-state index contributed by atoms with van der Waals surface area (Å²) in [4.78, 5) is 19.6. The second-order valence-corrected chi connectivity index (χ2v) is 9.95. The number of hydrogen-bond acceptors (Lipinski definition) is 5. The van der Waals surface area contributed by atoms with E-state index in [2.05, 4.69) is 21.8 Å². The van der Waals surface area contributed by atoms with Crippen molar-refractivity contribution in [3.63, 3.8) is 0 Å². The standard InChI is InChI=1S/C25H23ClF4N4O2/c1-14-10-20(33-8-6-24(4-5-24)7-9-33)32-22-18(11-15(26)13-34(14)22)21(25(28,29)30)31-19-3-2-16(27)12-17(19)23(35)36/h2-3,10-13,21,31H,1,4-9H2,(H,35,36).